The fraction of sp³-hybridized carbons (Fsp3) is 0.231. The molecule has 1 aromatic heterocycles. The quantitative estimate of drug-likeness (QED) is 0.587. The molecule has 2 aromatic rings. The zero-order chi connectivity index (χ0) is 16.3. The second-order valence-corrected chi connectivity index (χ2v) is 9.10. The topological polar surface area (TPSA) is 89.3 Å². The largest absolute Gasteiger partial charge is 0.379 e. The highest BCUT2D eigenvalue weighted by atomic mass is 79.9. The molecule has 0 saturated heterocycles. The van der Waals surface area contributed by atoms with E-state index >= 15 is 0 Å². The van der Waals surface area contributed by atoms with Crippen LogP contribution in [-0.4, -0.2) is 26.1 Å². The highest BCUT2D eigenvalue weighted by molar-refractivity contribution is 9.11. The molecule has 1 aromatic carbocycles. The standard InChI is InChI=1S/C13H13BrN2O4S2/c1-22(19,20)11-4-2-3-10(13(11)16(17)18)15-8-7-9-5-6-12(14)21-9/h2-6,15H,7-8H2,1H3. The van der Waals surface area contributed by atoms with Gasteiger partial charge in [-0.1, -0.05) is 6.07 Å². The summed E-state index contributed by atoms with van der Waals surface area (Å²) in [5, 5.41) is 14.2. The molecule has 0 radical (unpaired) electrons. The first kappa shape index (κ1) is 16.9. The molecule has 0 saturated carbocycles. The summed E-state index contributed by atoms with van der Waals surface area (Å²) in [6, 6.07) is 8.16. The van der Waals surface area contributed by atoms with E-state index in [-0.39, 0.29) is 10.6 Å². The summed E-state index contributed by atoms with van der Waals surface area (Å²) >= 11 is 4.96. The molecule has 0 atom stereocenters. The number of anilines is 1. The molecular formula is C13H13BrN2O4S2. The first-order valence-corrected chi connectivity index (χ1v) is 9.74. The van der Waals surface area contributed by atoms with Crippen molar-refractivity contribution in [3.05, 3.63) is 49.1 Å². The van der Waals surface area contributed by atoms with Crippen molar-refractivity contribution < 1.29 is 13.3 Å². The van der Waals surface area contributed by atoms with E-state index in [4.69, 9.17) is 0 Å². The van der Waals surface area contributed by atoms with Crippen LogP contribution in [-0.2, 0) is 16.3 Å². The van der Waals surface area contributed by atoms with E-state index < -0.39 is 20.4 Å². The van der Waals surface area contributed by atoms with Crippen LogP contribution in [0.4, 0.5) is 11.4 Å². The van der Waals surface area contributed by atoms with Crippen LogP contribution in [0.5, 0.6) is 0 Å². The van der Waals surface area contributed by atoms with E-state index in [1.165, 1.54) is 18.2 Å². The number of hydrogen-bond donors (Lipinski definition) is 1. The monoisotopic (exact) mass is 404 g/mol. The van der Waals surface area contributed by atoms with Crippen LogP contribution in [0.3, 0.4) is 0 Å². The van der Waals surface area contributed by atoms with Gasteiger partial charge in [0.1, 0.15) is 10.6 Å². The van der Waals surface area contributed by atoms with Crippen molar-refractivity contribution in [1.29, 1.82) is 0 Å². The maximum Gasteiger partial charge on any atom is 0.310 e. The van der Waals surface area contributed by atoms with Gasteiger partial charge >= 0.3 is 5.69 Å². The number of sulfone groups is 1. The van der Waals surface area contributed by atoms with Gasteiger partial charge in [-0.3, -0.25) is 10.1 Å². The molecule has 0 aliphatic rings. The summed E-state index contributed by atoms with van der Waals surface area (Å²) < 4.78 is 24.4. The van der Waals surface area contributed by atoms with E-state index in [2.05, 4.69) is 21.2 Å². The minimum atomic E-state index is -3.66. The average molecular weight is 405 g/mol. The molecule has 118 valence electrons. The maximum absolute atomic E-state index is 11.7. The minimum Gasteiger partial charge on any atom is -0.379 e. The van der Waals surface area contributed by atoms with Crippen LogP contribution in [0, 0.1) is 10.1 Å². The Morgan fingerprint density at radius 2 is 2.05 bits per heavy atom. The minimum absolute atomic E-state index is 0.212. The van der Waals surface area contributed by atoms with Gasteiger partial charge in [-0.2, -0.15) is 0 Å². The van der Waals surface area contributed by atoms with Crippen molar-refractivity contribution in [3.8, 4) is 0 Å². The predicted molar refractivity (Wildman–Crippen MR) is 90.4 cm³/mol. The smallest absolute Gasteiger partial charge is 0.310 e. The number of benzene rings is 1. The molecule has 22 heavy (non-hydrogen) atoms. The zero-order valence-corrected chi connectivity index (χ0v) is 14.8. The third-order valence-electron chi connectivity index (χ3n) is 2.90. The van der Waals surface area contributed by atoms with Crippen LogP contribution in [0.25, 0.3) is 0 Å². The molecule has 0 fully saturated rings. The summed E-state index contributed by atoms with van der Waals surface area (Å²) in [7, 11) is -3.66. The van der Waals surface area contributed by atoms with Crippen molar-refractivity contribution in [1.82, 2.24) is 0 Å². The Bertz CT molecular complexity index is 802. The fourth-order valence-electron chi connectivity index (χ4n) is 1.96. The van der Waals surface area contributed by atoms with Crippen LogP contribution in [0.2, 0.25) is 0 Å². The molecule has 0 aliphatic heterocycles. The molecule has 0 unspecified atom stereocenters. The van der Waals surface area contributed by atoms with E-state index in [1.54, 1.807) is 11.3 Å². The van der Waals surface area contributed by atoms with E-state index in [9.17, 15) is 18.5 Å². The number of nitro benzene ring substituents is 1. The van der Waals surface area contributed by atoms with Gasteiger partial charge in [-0.15, -0.1) is 11.3 Å². The molecule has 6 nitrogen and oxygen atoms in total. The predicted octanol–water partition coefficient (Wildman–Crippen LogP) is 3.48. The number of nitrogens with one attached hydrogen (secondary N) is 1. The number of thiophene rings is 1. The van der Waals surface area contributed by atoms with Crippen LogP contribution < -0.4 is 5.32 Å². The lowest BCUT2D eigenvalue weighted by Gasteiger charge is -2.09. The number of nitrogens with zero attached hydrogens (tertiary/aromatic N) is 1. The molecule has 0 amide bonds. The van der Waals surface area contributed by atoms with Crippen molar-refractivity contribution in [2.45, 2.75) is 11.3 Å². The molecule has 0 aliphatic carbocycles. The number of rotatable bonds is 6. The normalized spacial score (nSPS) is 11.4. The molecule has 1 heterocycles. The van der Waals surface area contributed by atoms with E-state index in [0.29, 0.717) is 13.0 Å². The van der Waals surface area contributed by atoms with Crippen molar-refractivity contribution >= 4 is 48.5 Å². The second-order valence-electron chi connectivity index (χ2n) is 4.56. The van der Waals surface area contributed by atoms with Crippen molar-refractivity contribution in [2.24, 2.45) is 0 Å². The lowest BCUT2D eigenvalue weighted by Crippen LogP contribution is -2.09. The first-order valence-electron chi connectivity index (χ1n) is 6.24. The Morgan fingerprint density at radius 1 is 1.32 bits per heavy atom. The number of hydrogen-bond acceptors (Lipinski definition) is 6. The van der Waals surface area contributed by atoms with Crippen molar-refractivity contribution in [3.63, 3.8) is 0 Å². The van der Waals surface area contributed by atoms with Gasteiger partial charge in [0.25, 0.3) is 0 Å². The SMILES string of the molecule is CS(=O)(=O)c1cccc(NCCc2ccc(Br)s2)c1[N+](=O)[O-]. The molecule has 2 rings (SSSR count). The highest BCUT2D eigenvalue weighted by Crippen LogP contribution is 2.32. The van der Waals surface area contributed by atoms with Crippen LogP contribution in [0.15, 0.2) is 39.0 Å². The first-order chi connectivity index (χ1) is 10.3. The summed E-state index contributed by atoms with van der Waals surface area (Å²) in [5.74, 6) is 0. The van der Waals surface area contributed by atoms with Gasteiger partial charge in [0.2, 0.25) is 0 Å². The number of halogens is 1. The maximum atomic E-state index is 11.7. The second kappa shape index (κ2) is 6.76. The summed E-state index contributed by atoms with van der Waals surface area (Å²) in [4.78, 5) is 11.4. The Kier molecular flexibility index (Phi) is 5.20. The van der Waals surface area contributed by atoms with Gasteiger partial charge in [0.15, 0.2) is 9.84 Å². The van der Waals surface area contributed by atoms with Crippen molar-refractivity contribution in [2.75, 3.05) is 18.1 Å². The van der Waals surface area contributed by atoms with Gasteiger partial charge in [0, 0.05) is 17.7 Å². The Labute approximate surface area is 140 Å². The van der Waals surface area contributed by atoms with Crippen LogP contribution in [0.1, 0.15) is 4.88 Å². The van der Waals surface area contributed by atoms with Gasteiger partial charge < -0.3 is 5.32 Å². The molecule has 9 heteroatoms. The Morgan fingerprint density at radius 3 is 2.59 bits per heavy atom. The Hall–Kier alpha value is -1.45. The number of para-hydroxylation sites is 1. The lowest BCUT2D eigenvalue weighted by atomic mass is 10.2. The fourth-order valence-corrected chi connectivity index (χ4v) is 4.30. The summed E-state index contributed by atoms with van der Waals surface area (Å²) in [5.41, 5.74) is -0.194. The molecular weight excluding hydrogens is 392 g/mol. The molecule has 0 bridgehead atoms. The van der Waals surface area contributed by atoms with Gasteiger partial charge in [-0.05, 0) is 46.6 Å². The molecule has 0 spiro atoms. The highest BCUT2D eigenvalue weighted by Gasteiger charge is 2.25. The van der Waals surface area contributed by atoms with E-state index in [1.807, 2.05) is 12.1 Å². The third kappa shape index (κ3) is 4.05. The molecule has 1 N–H and O–H groups in total. The van der Waals surface area contributed by atoms with Crippen LogP contribution >= 0.6 is 27.3 Å². The Balaban J connectivity index is 2.22. The number of nitro groups is 1. The van der Waals surface area contributed by atoms with Gasteiger partial charge in [-0.25, -0.2) is 8.42 Å². The average Bonchev–Trinajstić information content (AvgIpc) is 2.83. The van der Waals surface area contributed by atoms with E-state index in [0.717, 1.165) is 14.9 Å². The van der Waals surface area contributed by atoms with Gasteiger partial charge in [0.05, 0.1) is 8.71 Å². The zero-order valence-electron chi connectivity index (χ0n) is 11.6. The summed E-state index contributed by atoms with van der Waals surface area (Å²) in [6.07, 6.45) is 1.65. The third-order valence-corrected chi connectivity index (χ3v) is 5.71. The lowest BCUT2D eigenvalue weighted by molar-refractivity contribution is -0.386. The summed E-state index contributed by atoms with van der Waals surface area (Å²) in [6.45, 7) is 0.473.